The van der Waals surface area contributed by atoms with Crippen molar-refractivity contribution in [1.29, 1.82) is 0 Å². The summed E-state index contributed by atoms with van der Waals surface area (Å²) in [7, 11) is 0. The Morgan fingerprint density at radius 3 is 2.54 bits per heavy atom. The summed E-state index contributed by atoms with van der Waals surface area (Å²) in [6.07, 6.45) is 2.97. The summed E-state index contributed by atoms with van der Waals surface area (Å²) in [5.74, 6) is 1.14. The second kappa shape index (κ2) is 8.87. The first-order valence-electron chi connectivity index (χ1n) is 9.64. The van der Waals surface area contributed by atoms with Crippen molar-refractivity contribution < 1.29 is 14.3 Å². The van der Waals surface area contributed by atoms with Crippen LogP contribution in [0.4, 0.5) is 5.82 Å². The number of carbonyl (C=O) groups is 2. The zero-order valence-electron chi connectivity index (χ0n) is 16.7. The van der Waals surface area contributed by atoms with Gasteiger partial charge < -0.3 is 15.0 Å². The summed E-state index contributed by atoms with van der Waals surface area (Å²) in [6, 6.07) is 9.69. The van der Waals surface area contributed by atoms with Crippen molar-refractivity contribution in [2.75, 3.05) is 25.0 Å². The van der Waals surface area contributed by atoms with Gasteiger partial charge in [0.2, 0.25) is 5.91 Å². The summed E-state index contributed by atoms with van der Waals surface area (Å²) in [4.78, 5) is 30.9. The lowest BCUT2D eigenvalue weighted by Crippen LogP contribution is -2.43. The molecule has 148 valence electrons. The highest BCUT2D eigenvalue weighted by Crippen LogP contribution is 2.21. The van der Waals surface area contributed by atoms with Gasteiger partial charge in [-0.3, -0.25) is 9.59 Å². The van der Waals surface area contributed by atoms with Gasteiger partial charge in [-0.25, -0.2) is 4.98 Å². The summed E-state index contributed by atoms with van der Waals surface area (Å²) in [5, 5.41) is 2.88. The molecule has 2 aromatic rings. The van der Waals surface area contributed by atoms with Gasteiger partial charge in [0.05, 0.1) is 0 Å². The highest BCUT2D eigenvalue weighted by molar-refractivity contribution is 5.92. The molecule has 0 unspecified atom stereocenters. The maximum Gasteiger partial charge on any atom is 0.260 e. The SMILES string of the molecule is Cc1ccnc(NC(=O)C2CCN(C(=O)COc3cc(C)ccc3C)CC2)c1. The third-order valence-corrected chi connectivity index (χ3v) is 5.08. The van der Waals surface area contributed by atoms with E-state index in [0.717, 1.165) is 22.4 Å². The van der Waals surface area contributed by atoms with Crippen LogP contribution in [0.3, 0.4) is 0 Å². The Labute approximate surface area is 165 Å². The fraction of sp³-hybridized carbons (Fsp3) is 0.409. The van der Waals surface area contributed by atoms with Gasteiger partial charge in [-0.15, -0.1) is 0 Å². The van der Waals surface area contributed by atoms with Gasteiger partial charge in [0, 0.05) is 25.2 Å². The van der Waals surface area contributed by atoms with Gasteiger partial charge >= 0.3 is 0 Å². The Bertz CT molecular complexity index is 858. The number of nitrogens with one attached hydrogen (secondary N) is 1. The van der Waals surface area contributed by atoms with E-state index in [9.17, 15) is 9.59 Å². The molecule has 0 bridgehead atoms. The molecule has 0 aliphatic carbocycles. The molecule has 1 fully saturated rings. The van der Waals surface area contributed by atoms with E-state index < -0.39 is 0 Å². The van der Waals surface area contributed by atoms with Gasteiger partial charge in [0.25, 0.3) is 5.91 Å². The molecule has 28 heavy (non-hydrogen) atoms. The highest BCUT2D eigenvalue weighted by Gasteiger charge is 2.27. The first-order valence-corrected chi connectivity index (χ1v) is 9.64. The number of piperidine rings is 1. The molecule has 1 aromatic carbocycles. The number of carbonyl (C=O) groups excluding carboxylic acids is 2. The summed E-state index contributed by atoms with van der Waals surface area (Å²) < 4.78 is 5.72. The standard InChI is InChI=1S/C22H27N3O3/c1-15-4-5-17(3)19(12-15)28-14-21(26)25-10-7-18(8-11-25)22(27)24-20-13-16(2)6-9-23-20/h4-6,9,12-13,18H,7-8,10-11,14H2,1-3H3,(H,23,24,27). The molecule has 0 saturated carbocycles. The van der Waals surface area contributed by atoms with Gasteiger partial charge in [-0.1, -0.05) is 12.1 Å². The van der Waals surface area contributed by atoms with Gasteiger partial charge in [-0.05, 0) is 68.5 Å². The normalized spacial score (nSPS) is 14.6. The number of aromatic nitrogens is 1. The Hall–Kier alpha value is -2.89. The van der Waals surface area contributed by atoms with Crippen LogP contribution in [0.15, 0.2) is 36.5 Å². The molecule has 0 atom stereocenters. The number of nitrogens with zero attached hydrogens (tertiary/aromatic N) is 2. The van der Waals surface area contributed by atoms with Crippen molar-refractivity contribution >= 4 is 17.6 Å². The fourth-order valence-electron chi connectivity index (χ4n) is 3.32. The molecular weight excluding hydrogens is 354 g/mol. The topological polar surface area (TPSA) is 71.5 Å². The average molecular weight is 381 g/mol. The number of pyridine rings is 1. The van der Waals surface area contributed by atoms with E-state index in [1.165, 1.54) is 0 Å². The predicted molar refractivity (Wildman–Crippen MR) is 108 cm³/mol. The average Bonchev–Trinajstić information content (AvgIpc) is 2.68. The Kier molecular flexibility index (Phi) is 6.29. The van der Waals surface area contributed by atoms with Crippen LogP contribution in [0.1, 0.15) is 29.5 Å². The predicted octanol–water partition coefficient (Wildman–Crippen LogP) is 3.26. The quantitative estimate of drug-likeness (QED) is 0.863. The molecule has 1 aromatic heterocycles. The molecule has 1 aliphatic heterocycles. The lowest BCUT2D eigenvalue weighted by Gasteiger charge is -2.31. The monoisotopic (exact) mass is 381 g/mol. The Balaban J connectivity index is 1.47. The maximum absolute atomic E-state index is 12.5. The van der Waals surface area contributed by atoms with E-state index in [1.54, 1.807) is 11.1 Å². The Morgan fingerprint density at radius 1 is 1.11 bits per heavy atom. The molecule has 6 nitrogen and oxygen atoms in total. The van der Waals surface area contributed by atoms with Crippen LogP contribution in [-0.2, 0) is 9.59 Å². The number of aryl methyl sites for hydroxylation is 3. The molecule has 6 heteroatoms. The molecule has 0 radical (unpaired) electrons. The molecule has 0 spiro atoms. The van der Waals surface area contributed by atoms with Crippen molar-refractivity contribution in [3.63, 3.8) is 0 Å². The van der Waals surface area contributed by atoms with Crippen LogP contribution >= 0.6 is 0 Å². The van der Waals surface area contributed by atoms with E-state index in [-0.39, 0.29) is 24.3 Å². The second-order valence-electron chi connectivity index (χ2n) is 7.42. The minimum Gasteiger partial charge on any atom is -0.483 e. The van der Waals surface area contributed by atoms with E-state index >= 15 is 0 Å². The number of rotatable bonds is 5. The van der Waals surface area contributed by atoms with Crippen molar-refractivity contribution in [2.45, 2.75) is 33.6 Å². The van der Waals surface area contributed by atoms with Crippen LogP contribution in [-0.4, -0.2) is 41.4 Å². The lowest BCUT2D eigenvalue weighted by atomic mass is 9.96. The highest BCUT2D eigenvalue weighted by atomic mass is 16.5. The molecule has 1 saturated heterocycles. The van der Waals surface area contributed by atoms with E-state index in [1.807, 2.05) is 51.1 Å². The summed E-state index contributed by atoms with van der Waals surface area (Å²) in [5.41, 5.74) is 3.16. The zero-order valence-corrected chi connectivity index (χ0v) is 16.7. The van der Waals surface area contributed by atoms with Crippen molar-refractivity contribution in [3.05, 3.63) is 53.2 Å². The van der Waals surface area contributed by atoms with Crippen LogP contribution < -0.4 is 10.1 Å². The minimum atomic E-state index is -0.105. The van der Waals surface area contributed by atoms with Crippen LogP contribution in [0.25, 0.3) is 0 Å². The van der Waals surface area contributed by atoms with Gasteiger partial charge in [-0.2, -0.15) is 0 Å². The van der Waals surface area contributed by atoms with Crippen LogP contribution in [0.2, 0.25) is 0 Å². The molecular formula is C22H27N3O3. The number of benzene rings is 1. The van der Waals surface area contributed by atoms with Crippen molar-refractivity contribution in [2.24, 2.45) is 5.92 Å². The smallest absolute Gasteiger partial charge is 0.260 e. The van der Waals surface area contributed by atoms with Crippen LogP contribution in [0, 0.1) is 26.7 Å². The Morgan fingerprint density at radius 2 is 1.82 bits per heavy atom. The number of likely N-dealkylation sites (tertiary alicyclic amines) is 1. The summed E-state index contributed by atoms with van der Waals surface area (Å²) in [6.45, 7) is 7.07. The van der Waals surface area contributed by atoms with E-state index in [0.29, 0.717) is 31.7 Å². The first kappa shape index (κ1) is 19.9. The molecule has 2 heterocycles. The summed E-state index contributed by atoms with van der Waals surface area (Å²) >= 11 is 0. The van der Waals surface area contributed by atoms with E-state index in [4.69, 9.17) is 4.74 Å². The van der Waals surface area contributed by atoms with Gasteiger partial charge in [0.1, 0.15) is 11.6 Å². The number of ether oxygens (including phenoxy) is 1. The maximum atomic E-state index is 12.5. The minimum absolute atomic E-state index is 0.0222. The first-order chi connectivity index (χ1) is 13.4. The molecule has 2 amide bonds. The van der Waals surface area contributed by atoms with Crippen LogP contribution in [0.5, 0.6) is 5.75 Å². The third kappa shape index (κ3) is 5.09. The number of hydrogen-bond donors (Lipinski definition) is 1. The van der Waals surface area contributed by atoms with Gasteiger partial charge in [0.15, 0.2) is 6.61 Å². The van der Waals surface area contributed by atoms with Crippen molar-refractivity contribution in [1.82, 2.24) is 9.88 Å². The zero-order chi connectivity index (χ0) is 20.1. The molecule has 1 aliphatic rings. The number of anilines is 1. The van der Waals surface area contributed by atoms with E-state index in [2.05, 4.69) is 10.3 Å². The largest absolute Gasteiger partial charge is 0.483 e. The third-order valence-electron chi connectivity index (χ3n) is 5.08. The second-order valence-corrected chi connectivity index (χ2v) is 7.42. The number of hydrogen-bond acceptors (Lipinski definition) is 4. The fourth-order valence-corrected chi connectivity index (χ4v) is 3.32. The lowest BCUT2D eigenvalue weighted by molar-refractivity contribution is -0.136. The number of amides is 2. The van der Waals surface area contributed by atoms with Crippen molar-refractivity contribution in [3.8, 4) is 5.75 Å². The molecule has 3 rings (SSSR count). The molecule has 1 N–H and O–H groups in total.